The number of amides is 1. The lowest BCUT2D eigenvalue weighted by molar-refractivity contribution is 0.0951. The van der Waals surface area contributed by atoms with E-state index in [0.29, 0.717) is 13.2 Å². The van der Waals surface area contributed by atoms with Crippen molar-refractivity contribution in [1.29, 1.82) is 0 Å². The van der Waals surface area contributed by atoms with Gasteiger partial charge in [0.05, 0.1) is 19.3 Å². The maximum atomic E-state index is 11.2. The molecule has 4 nitrogen and oxygen atoms in total. The van der Waals surface area contributed by atoms with Gasteiger partial charge in [-0.3, -0.25) is 0 Å². The van der Waals surface area contributed by atoms with E-state index in [1.54, 1.807) is 14.0 Å². The van der Waals surface area contributed by atoms with Crippen molar-refractivity contribution in [3.05, 3.63) is 35.4 Å². The molecule has 94 valence electrons. The van der Waals surface area contributed by atoms with E-state index in [4.69, 9.17) is 9.47 Å². The first-order valence-corrected chi connectivity index (χ1v) is 5.68. The van der Waals surface area contributed by atoms with Crippen LogP contribution in [0.5, 0.6) is 0 Å². The summed E-state index contributed by atoms with van der Waals surface area (Å²) in [6.45, 7) is 4.56. The zero-order valence-electron chi connectivity index (χ0n) is 10.5. The van der Waals surface area contributed by atoms with E-state index in [-0.39, 0.29) is 6.10 Å². The zero-order chi connectivity index (χ0) is 12.7. The molecule has 0 aliphatic rings. The number of alkyl carbamates (subject to hydrolysis) is 1. The molecule has 1 rings (SSSR count). The quantitative estimate of drug-likeness (QED) is 0.855. The summed E-state index contributed by atoms with van der Waals surface area (Å²) in [6, 6.07) is 7.95. The van der Waals surface area contributed by atoms with E-state index >= 15 is 0 Å². The number of carbonyl (C=O) groups excluding carboxylic acids is 1. The Bertz CT molecular complexity index is 365. The zero-order valence-corrected chi connectivity index (χ0v) is 10.5. The first-order chi connectivity index (χ1) is 8.19. The fraction of sp³-hybridized carbons (Fsp3) is 0.462. The third-order valence-corrected chi connectivity index (χ3v) is 2.53. The van der Waals surface area contributed by atoms with Crippen LogP contribution in [0.15, 0.2) is 24.3 Å². The fourth-order valence-electron chi connectivity index (χ4n) is 1.63. The summed E-state index contributed by atoms with van der Waals surface area (Å²) in [5, 5.41) is 2.67. The summed E-state index contributed by atoms with van der Waals surface area (Å²) >= 11 is 0. The average Bonchev–Trinajstić information content (AvgIpc) is 2.32. The normalized spacial score (nSPS) is 11.9. The molecule has 4 heteroatoms. The number of methoxy groups -OCH3 is 1. The van der Waals surface area contributed by atoms with Crippen LogP contribution in [0.4, 0.5) is 4.79 Å². The minimum atomic E-state index is -0.414. The number of hydrogen-bond donors (Lipinski definition) is 1. The third-order valence-electron chi connectivity index (χ3n) is 2.53. The highest BCUT2D eigenvalue weighted by Gasteiger charge is 2.13. The van der Waals surface area contributed by atoms with Gasteiger partial charge in [0.2, 0.25) is 0 Å². The molecule has 0 aliphatic carbocycles. The predicted octanol–water partition coefficient (Wildman–Crippen LogP) is 2.43. The second-order valence-corrected chi connectivity index (χ2v) is 3.68. The van der Waals surface area contributed by atoms with Crippen LogP contribution in [0.1, 0.15) is 24.2 Å². The Balaban J connectivity index is 2.60. The van der Waals surface area contributed by atoms with Crippen molar-refractivity contribution >= 4 is 6.09 Å². The van der Waals surface area contributed by atoms with Crippen LogP contribution in [0, 0.1) is 6.92 Å². The Morgan fingerprint density at radius 1 is 1.41 bits per heavy atom. The molecule has 1 amide bonds. The lowest BCUT2D eigenvalue weighted by atomic mass is 10.0. The first-order valence-electron chi connectivity index (χ1n) is 5.68. The Kier molecular flexibility index (Phi) is 5.49. The highest BCUT2D eigenvalue weighted by atomic mass is 16.5. The van der Waals surface area contributed by atoms with Crippen LogP contribution in [0.25, 0.3) is 0 Å². The topological polar surface area (TPSA) is 47.6 Å². The van der Waals surface area contributed by atoms with Gasteiger partial charge in [0.1, 0.15) is 0 Å². The Labute approximate surface area is 102 Å². The molecule has 0 saturated carbocycles. The van der Waals surface area contributed by atoms with Crippen molar-refractivity contribution in [3.63, 3.8) is 0 Å². The van der Waals surface area contributed by atoms with Gasteiger partial charge in [-0.1, -0.05) is 24.3 Å². The van der Waals surface area contributed by atoms with Crippen molar-refractivity contribution in [2.45, 2.75) is 20.0 Å². The predicted molar refractivity (Wildman–Crippen MR) is 66.0 cm³/mol. The molecule has 1 aromatic carbocycles. The molecule has 17 heavy (non-hydrogen) atoms. The smallest absolute Gasteiger partial charge is 0.407 e. The van der Waals surface area contributed by atoms with Crippen molar-refractivity contribution < 1.29 is 14.3 Å². The summed E-state index contributed by atoms with van der Waals surface area (Å²) in [5.74, 6) is 0. The summed E-state index contributed by atoms with van der Waals surface area (Å²) in [7, 11) is 1.63. The molecule has 0 aliphatic heterocycles. The van der Waals surface area contributed by atoms with Gasteiger partial charge in [0.15, 0.2) is 0 Å². The average molecular weight is 237 g/mol. The molecule has 0 unspecified atom stereocenters. The third kappa shape index (κ3) is 4.07. The maximum absolute atomic E-state index is 11.2. The molecule has 1 aromatic rings. The standard InChI is InChI=1S/C13H19NO3/c1-4-17-13(15)14-9-12(16-3)11-8-6-5-7-10(11)2/h5-8,12H,4,9H2,1-3H3,(H,14,15)/t12-/m0/s1. The summed E-state index contributed by atoms with van der Waals surface area (Å²) in [5.41, 5.74) is 2.22. The first kappa shape index (κ1) is 13.5. The molecule has 1 N–H and O–H groups in total. The molecule has 1 atom stereocenters. The number of carbonyl (C=O) groups is 1. The van der Waals surface area contributed by atoms with E-state index < -0.39 is 6.09 Å². The Hall–Kier alpha value is -1.55. The second kappa shape index (κ2) is 6.91. The van der Waals surface area contributed by atoms with Crippen molar-refractivity contribution in [2.24, 2.45) is 0 Å². The van der Waals surface area contributed by atoms with Crippen LogP contribution < -0.4 is 5.32 Å². The van der Waals surface area contributed by atoms with E-state index in [1.807, 2.05) is 31.2 Å². The van der Waals surface area contributed by atoms with Gasteiger partial charge in [-0.05, 0) is 25.0 Å². The molecule has 0 saturated heterocycles. The van der Waals surface area contributed by atoms with Crippen LogP contribution in [0.2, 0.25) is 0 Å². The van der Waals surface area contributed by atoms with E-state index in [2.05, 4.69) is 5.32 Å². The second-order valence-electron chi connectivity index (χ2n) is 3.68. The minimum Gasteiger partial charge on any atom is -0.450 e. The number of hydrogen-bond acceptors (Lipinski definition) is 3. The van der Waals surface area contributed by atoms with Gasteiger partial charge in [0.25, 0.3) is 0 Å². The van der Waals surface area contributed by atoms with Crippen molar-refractivity contribution in [3.8, 4) is 0 Å². The maximum Gasteiger partial charge on any atom is 0.407 e. The number of aryl methyl sites for hydroxylation is 1. The van der Waals surface area contributed by atoms with Gasteiger partial charge >= 0.3 is 6.09 Å². The van der Waals surface area contributed by atoms with Crippen LogP contribution in [-0.4, -0.2) is 26.4 Å². The lowest BCUT2D eigenvalue weighted by Crippen LogP contribution is -2.29. The van der Waals surface area contributed by atoms with Gasteiger partial charge in [-0.25, -0.2) is 4.79 Å². The van der Waals surface area contributed by atoms with Crippen molar-refractivity contribution in [1.82, 2.24) is 5.32 Å². The Morgan fingerprint density at radius 2 is 2.12 bits per heavy atom. The highest BCUT2D eigenvalue weighted by Crippen LogP contribution is 2.19. The SMILES string of the molecule is CCOC(=O)NC[C@H](OC)c1ccccc1C. The highest BCUT2D eigenvalue weighted by molar-refractivity contribution is 5.67. The van der Waals surface area contributed by atoms with E-state index in [1.165, 1.54) is 0 Å². The molecular formula is C13H19NO3. The summed E-state index contributed by atoms with van der Waals surface area (Å²) in [6.07, 6.45) is -0.566. The number of rotatable bonds is 5. The minimum absolute atomic E-state index is 0.152. The molecule has 0 spiro atoms. The molecule has 0 aromatic heterocycles. The number of ether oxygens (including phenoxy) is 2. The molecule has 0 fully saturated rings. The van der Waals surface area contributed by atoms with Crippen LogP contribution in [-0.2, 0) is 9.47 Å². The van der Waals surface area contributed by atoms with Gasteiger partial charge in [0, 0.05) is 7.11 Å². The summed E-state index contributed by atoms with van der Waals surface area (Å²) in [4.78, 5) is 11.2. The van der Waals surface area contributed by atoms with Crippen LogP contribution in [0.3, 0.4) is 0 Å². The molecule has 0 radical (unpaired) electrons. The Morgan fingerprint density at radius 3 is 2.71 bits per heavy atom. The van der Waals surface area contributed by atoms with E-state index in [0.717, 1.165) is 11.1 Å². The number of benzene rings is 1. The van der Waals surface area contributed by atoms with Crippen molar-refractivity contribution in [2.75, 3.05) is 20.3 Å². The molecular weight excluding hydrogens is 218 g/mol. The molecule has 0 heterocycles. The molecule has 0 bridgehead atoms. The summed E-state index contributed by atoms with van der Waals surface area (Å²) < 4.78 is 10.2. The monoisotopic (exact) mass is 237 g/mol. The van der Waals surface area contributed by atoms with Gasteiger partial charge < -0.3 is 14.8 Å². The van der Waals surface area contributed by atoms with Gasteiger partial charge in [-0.15, -0.1) is 0 Å². The van der Waals surface area contributed by atoms with E-state index in [9.17, 15) is 4.79 Å². The number of nitrogens with one attached hydrogen (secondary N) is 1. The lowest BCUT2D eigenvalue weighted by Gasteiger charge is -2.18. The van der Waals surface area contributed by atoms with Crippen LogP contribution >= 0.6 is 0 Å². The van der Waals surface area contributed by atoms with Gasteiger partial charge in [-0.2, -0.15) is 0 Å². The largest absolute Gasteiger partial charge is 0.450 e. The fourth-order valence-corrected chi connectivity index (χ4v) is 1.63.